The Kier molecular flexibility index (Phi) is 15.3. The molecule has 42 heavy (non-hydrogen) atoms. The van der Waals surface area contributed by atoms with Crippen molar-refractivity contribution in [3.05, 3.63) is 109 Å². The Bertz CT molecular complexity index is 1150. The molecule has 3 rings (SSSR count). The Morgan fingerprint density at radius 3 is 2.00 bits per heavy atom. The zero-order valence-electron chi connectivity index (χ0n) is 27.7. The van der Waals surface area contributed by atoms with Crippen LogP contribution in [0.4, 0.5) is 0 Å². The first-order chi connectivity index (χ1) is 19.5. The molecule has 1 heterocycles. The van der Waals surface area contributed by atoms with Gasteiger partial charge in [-0.25, -0.2) is 0 Å². The topological polar surface area (TPSA) is 51.1 Å². The number of ether oxygens (including phenoxy) is 1. The van der Waals surface area contributed by atoms with Gasteiger partial charge in [0.2, 0.25) is 8.32 Å². The lowest BCUT2D eigenvalue weighted by Gasteiger charge is -2.41. The van der Waals surface area contributed by atoms with Crippen molar-refractivity contribution in [2.75, 3.05) is 7.11 Å². The van der Waals surface area contributed by atoms with Crippen LogP contribution >= 0.6 is 0 Å². The second-order valence-corrected chi connectivity index (χ2v) is 18.0. The van der Waals surface area contributed by atoms with Crippen LogP contribution in [0.5, 0.6) is 0 Å². The van der Waals surface area contributed by atoms with Gasteiger partial charge in [-0.2, -0.15) is 0 Å². The van der Waals surface area contributed by atoms with E-state index in [1.165, 1.54) is 11.1 Å². The molecular formula is C36H54N2O3Si. The second-order valence-electron chi connectivity index (χ2n) is 13.6. The molecule has 0 N–H and O–H groups in total. The first kappa shape index (κ1) is 36.6. The maximum atomic E-state index is 11.6. The van der Waals surface area contributed by atoms with Gasteiger partial charge in [-0.15, -0.1) is 0 Å². The molecule has 0 amide bonds. The summed E-state index contributed by atoms with van der Waals surface area (Å²) in [6.07, 6.45) is 9.56. The van der Waals surface area contributed by atoms with Crippen molar-refractivity contribution in [2.24, 2.45) is 15.8 Å². The number of nitrogens with zero attached hydrogens (tertiary/aromatic N) is 2. The van der Waals surface area contributed by atoms with Crippen LogP contribution in [0.1, 0.15) is 59.1 Å². The van der Waals surface area contributed by atoms with E-state index >= 15 is 0 Å². The largest absolute Gasteiger partial charge is 0.545 e. The van der Waals surface area contributed by atoms with Gasteiger partial charge in [-0.05, 0) is 47.7 Å². The highest BCUT2D eigenvalue weighted by atomic mass is 28.4. The number of hydrogen-bond acceptors (Lipinski definition) is 5. The Hall–Kier alpha value is -3.38. The first-order valence-electron chi connectivity index (χ1n) is 14.6. The lowest BCUT2D eigenvalue weighted by Crippen LogP contribution is -2.44. The first-order valence-corrected chi connectivity index (χ1v) is 18.0. The molecule has 0 fully saturated rings. The maximum absolute atomic E-state index is 11.6. The van der Waals surface area contributed by atoms with Gasteiger partial charge in [-0.1, -0.05) is 109 Å². The molecule has 0 spiro atoms. The number of benzene rings is 2. The molecule has 0 aromatic heterocycles. The molecule has 0 bridgehead atoms. The third kappa shape index (κ3) is 17.4. The third-order valence-corrected chi connectivity index (χ3v) is 6.75. The van der Waals surface area contributed by atoms with E-state index < -0.39 is 8.32 Å². The number of hydrogen-bond donors (Lipinski definition) is 0. The molecule has 2 aromatic rings. The summed E-state index contributed by atoms with van der Waals surface area (Å²) in [5.41, 5.74) is 2.85. The van der Waals surface area contributed by atoms with Gasteiger partial charge in [0, 0.05) is 37.5 Å². The SMILES string of the molecule is C=C(/C=C/OC)O[Si](C)(C)C.CC(C)(C)C1CC(=O)C=CN1Cc1ccccc1.CC(C)(C)C=NCc1ccccc1. The molecule has 0 aliphatic carbocycles. The van der Waals surface area contributed by atoms with Crippen molar-refractivity contribution in [3.8, 4) is 0 Å². The van der Waals surface area contributed by atoms with Crippen LogP contribution in [0.25, 0.3) is 0 Å². The number of ketones is 1. The predicted molar refractivity (Wildman–Crippen MR) is 182 cm³/mol. The highest BCUT2D eigenvalue weighted by Crippen LogP contribution is 2.31. The van der Waals surface area contributed by atoms with Gasteiger partial charge in [0.05, 0.1) is 25.7 Å². The molecule has 1 atom stereocenters. The smallest absolute Gasteiger partial charge is 0.242 e. The monoisotopic (exact) mass is 590 g/mol. The van der Waals surface area contributed by atoms with Gasteiger partial charge in [0.25, 0.3) is 0 Å². The summed E-state index contributed by atoms with van der Waals surface area (Å²) in [7, 11) is 0.119. The normalized spacial score (nSPS) is 15.5. The number of rotatable bonds is 8. The number of aliphatic imine (C=N–C) groups is 1. The van der Waals surface area contributed by atoms with E-state index in [0.29, 0.717) is 12.2 Å². The van der Waals surface area contributed by atoms with Gasteiger partial charge < -0.3 is 14.1 Å². The summed E-state index contributed by atoms with van der Waals surface area (Å²) in [4.78, 5) is 18.3. The Morgan fingerprint density at radius 1 is 0.976 bits per heavy atom. The summed E-state index contributed by atoms with van der Waals surface area (Å²) >= 11 is 0. The summed E-state index contributed by atoms with van der Waals surface area (Å²) in [6, 6.07) is 21.0. The van der Waals surface area contributed by atoms with Gasteiger partial charge in [0.1, 0.15) is 0 Å². The molecule has 0 saturated carbocycles. The maximum Gasteiger partial charge on any atom is 0.242 e. The van der Waals surface area contributed by atoms with Gasteiger partial charge in [0.15, 0.2) is 5.78 Å². The Balaban J connectivity index is 0.000000328. The van der Waals surface area contributed by atoms with E-state index in [4.69, 9.17) is 9.16 Å². The van der Waals surface area contributed by atoms with Crippen LogP contribution in [-0.2, 0) is 27.0 Å². The average molecular weight is 591 g/mol. The Labute approximate surface area is 257 Å². The number of methoxy groups -OCH3 is 1. The van der Waals surface area contributed by atoms with E-state index in [1.807, 2.05) is 36.7 Å². The van der Waals surface area contributed by atoms with Crippen LogP contribution < -0.4 is 0 Å². The number of allylic oxidation sites excluding steroid dienone is 2. The van der Waals surface area contributed by atoms with Gasteiger partial charge in [-0.3, -0.25) is 9.79 Å². The Morgan fingerprint density at radius 2 is 1.52 bits per heavy atom. The van der Waals surface area contributed by atoms with E-state index in [0.717, 1.165) is 13.1 Å². The molecular weight excluding hydrogens is 536 g/mol. The third-order valence-electron chi connectivity index (χ3n) is 5.88. The van der Waals surface area contributed by atoms with E-state index in [-0.39, 0.29) is 22.7 Å². The summed E-state index contributed by atoms with van der Waals surface area (Å²) in [6.45, 7) is 24.8. The fourth-order valence-electron chi connectivity index (χ4n) is 4.00. The minimum atomic E-state index is -1.48. The van der Waals surface area contributed by atoms with Crippen molar-refractivity contribution >= 4 is 20.3 Å². The highest BCUT2D eigenvalue weighted by molar-refractivity contribution is 6.70. The van der Waals surface area contributed by atoms with Crippen molar-refractivity contribution in [1.82, 2.24) is 4.90 Å². The number of carbonyl (C=O) groups excluding carboxylic acids is 1. The van der Waals surface area contributed by atoms with Crippen LogP contribution in [0.15, 0.2) is 103 Å². The van der Waals surface area contributed by atoms with Crippen LogP contribution in [-0.4, -0.2) is 38.4 Å². The fourth-order valence-corrected chi connectivity index (χ4v) is 4.85. The van der Waals surface area contributed by atoms with Crippen molar-refractivity contribution in [1.29, 1.82) is 0 Å². The second kappa shape index (κ2) is 17.5. The molecule has 1 aliphatic rings. The molecule has 6 heteroatoms. The average Bonchev–Trinajstić information content (AvgIpc) is 2.88. The summed E-state index contributed by atoms with van der Waals surface area (Å²) in [5.74, 6) is 0.908. The molecule has 2 aromatic carbocycles. The molecule has 5 nitrogen and oxygen atoms in total. The van der Waals surface area contributed by atoms with E-state index in [9.17, 15) is 4.79 Å². The van der Waals surface area contributed by atoms with Crippen LogP contribution in [0.3, 0.4) is 0 Å². The zero-order valence-corrected chi connectivity index (χ0v) is 28.7. The fraction of sp³-hybridized carbons (Fsp3) is 0.444. The minimum Gasteiger partial charge on any atom is -0.545 e. The molecule has 1 unspecified atom stereocenters. The van der Waals surface area contributed by atoms with Crippen molar-refractivity contribution < 1.29 is 14.0 Å². The quantitative estimate of drug-likeness (QED) is 0.133. The van der Waals surface area contributed by atoms with E-state index in [1.54, 1.807) is 25.5 Å². The minimum absolute atomic E-state index is 0.106. The van der Waals surface area contributed by atoms with Gasteiger partial charge >= 0.3 is 0 Å². The van der Waals surface area contributed by atoms with Crippen molar-refractivity contribution in [2.45, 2.75) is 86.7 Å². The molecule has 230 valence electrons. The molecule has 0 radical (unpaired) electrons. The summed E-state index contributed by atoms with van der Waals surface area (Å²) < 4.78 is 10.2. The summed E-state index contributed by atoms with van der Waals surface area (Å²) in [5, 5.41) is 0. The van der Waals surface area contributed by atoms with Crippen LogP contribution in [0, 0.1) is 10.8 Å². The highest BCUT2D eigenvalue weighted by Gasteiger charge is 2.32. The zero-order chi connectivity index (χ0) is 31.8. The molecule has 1 aliphatic heterocycles. The lowest BCUT2D eigenvalue weighted by molar-refractivity contribution is -0.117. The number of carbonyl (C=O) groups is 1. The van der Waals surface area contributed by atoms with E-state index in [2.05, 4.69) is 114 Å². The molecule has 0 saturated heterocycles. The standard InChI is InChI=1S/C16H21NO.C12H17N.C8H16O2Si/c1-16(2,3)15-11-14(18)9-10-17(15)12-13-7-5-4-6-8-13;1-12(2,3)10-13-9-11-7-5-4-6-8-11;1-8(6-7-9-2)10-11(3,4)5/h4-10,15H,11-12H2,1-3H3;4-8,10H,9H2,1-3H3;6-7H,1H2,2-5H3/b;;7-6+. The predicted octanol–water partition coefficient (Wildman–Crippen LogP) is 9.21. The lowest BCUT2D eigenvalue weighted by atomic mass is 9.81. The van der Waals surface area contributed by atoms with Crippen LogP contribution in [0.2, 0.25) is 19.6 Å². The van der Waals surface area contributed by atoms with Crippen molar-refractivity contribution in [3.63, 3.8) is 0 Å².